The monoisotopic (exact) mass is 257 g/mol. The van der Waals surface area contributed by atoms with Crippen molar-refractivity contribution in [3.8, 4) is 0 Å². The molecule has 3 nitrogen and oxygen atoms in total. The predicted octanol–water partition coefficient (Wildman–Crippen LogP) is 3.29. The molecule has 2 rings (SSSR count). The highest BCUT2D eigenvalue weighted by Gasteiger charge is 2.08. The van der Waals surface area contributed by atoms with E-state index in [1.807, 2.05) is 30.3 Å². The SMILES string of the molecule is CCC(C)CN(C)Cc1cc(N)c2ccccc2n1. The fraction of sp³-hybridized carbons (Fsp3) is 0.438. The van der Waals surface area contributed by atoms with Crippen LogP contribution in [-0.4, -0.2) is 23.5 Å². The average molecular weight is 257 g/mol. The molecule has 0 saturated carbocycles. The fourth-order valence-electron chi connectivity index (χ4n) is 2.34. The summed E-state index contributed by atoms with van der Waals surface area (Å²) < 4.78 is 0. The van der Waals surface area contributed by atoms with Crippen LogP contribution in [0.15, 0.2) is 30.3 Å². The molecule has 1 aromatic heterocycles. The van der Waals surface area contributed by atoms with Gasteiger partial charge in [0, 0.05) is 24.2 Å². The van der Waals surface area contributed by atoms with Crippen LogP contribution >= 0.6 is 0 Å². The third-order valence-electron chi connectivity index (χ3n) is 3.55. The molecule has 102 valence electrons. The Bertz CT molecular complexity index is 551. The number of nitrogens with two attached hydrogens (primary N) is 1. The van der Waals surface area contributed by atoms with Gasteiger partial charge in [0.15, 0.2) is 0 Å². The van der Waals surface area contributed by atoms with Gasteiger partial charge in [-0.15, -0.1) is 0 Å². The summed E-state index contributed by atoms with van der Waals surface area (Å²) in [6.07, 6.45) is 1.21. The smallest absolute Gasteiger partial charge is 0.0726 e. The highest BCUT2D eigenvalue weighted by Crippen LogP contribution is 2.20. The van der Waals surface area contributed by atoms with Gasteiger partial charge in [0.25, 0.3) is 0 Å². The Morgan fingerprint density at radius 3 is 2.79 bits per heavy atom. The van der Waals surface area contributed by atoms with E-state index in [4.69, 9.17) is 5.73 Å². The van der Waals surface area contributed by atoms with Gasteiger partial charge in [0.2, 0.25) is 0 Å². The van der Waals surface area contributed by atoms with Crippen LogP contribution in [0.4, 0.5) is 5.69 Å². The second kappa shape index (κ2) is 6.02. The van der Waals surface area contributed by atoms with Crippen molar-refractivity contribution in [3.63, 3.8) is 0 Å². The van der Waals surface area contributed by atoms with Crippen LogP contribution in [-0.2, 0) is 6.54 Å². The Hall–Kier alpha value is -1.61. The van der Waals surface area contributed by atoms with Gasteiger partial charge in [0.1, 0.15) is 0 Å². The van der Waals surface area contributed by atoms with Gasteiger partial charge in [-0.1, -0.05) is 38.5 Å². The van der Waals surface area contributed by atoms with Crippen molar-refractivity contribution in [2.75, 3.05) is 19.3 Å². The van der Waals surface area contributed by atoms with Gasteiger partial charge in [-0.2, -0.15) is 0 Å². The Morgan fingerprint density at radius 1 is 1.32 bits per heavy atom. The van der Waals surface area contributed by atoms with Crippen molar-refractivity contribution in [2.24, 2.45) is 5.92 Å². The van der Waals surface area contributed by atoms with Gasteiger partial charge < -0.3 is 10.6 Å². The number of pyridine rings is 1. The zero-order valence-corrected chi connectivity index (χ0v) is 12.1. The summed E-state index contributed by atoms with van der Waals surface area (Å²) in [5.41, 5.74) is 8.94. The molecule has 0 aliphatic rings. The minimum Gasteiger partial charge on any atom is -0.398 e. The van der Waals surface area contributed by atoms with Crippen LogP contribution in [0.5, 0.6) is 0 Å². The largest absolute Gasteiger partial charge is 0.398 e. The summed E-state index contributed by atoms with van der Waals surface area (Å²) in [4.78, 5) is 7.00. The fourth-order valence-corrected chi connectivity index (χ4v) is 2.34. The Labute approximate surface area is 115 Å². The van der Waals surface area contributed by atoms with E-state index in [-0.39, 0.29) is 0 Å². The third-order valence-corrected chi connectivity index (χ3v) is 3.55. The number of anilines is 1. The Morgan fingerprint density at radius 2 is 2.05 bits per heavy atom. The first-order valence-electron chi connectivity index (χ1n) is 6.92. The van der Waals surface area contributed by atoms with Crippen molar-refractivity contribution in [2.45, 2.75) is 26.8 Å². The highest BCUT2D eigenvalue weighted by atomic mass is 15.1. The highest BCUT2D eigenvalue weighted by molar-refractivity contribution is 5.90. The first-order chi connectivity index (χ1) is 9.10. The number of aromatic nitrogens is 1. The summed E-state index contributed by atoms with van der Waals surface area (Å²) in [5.74, 6) is 0.711. The molecule has 1 aromatic carbocycles. The average Bonchev–Trinajstić information content (AvgIpc) is 2.38. The van der Waals surface area contributed by atoms with Crippen LogP contribution in [0.1, 0.15) is 26.0 Å². The van der Waals surface area contributed by atoms with E-state index in [9.17, 15) is 0 Å². The number of hydrogen-bond acceptors (Lipinski definition) is 3. The zero-order chi connectivity index (χ0) is 13.8. The summed E-state index contributed by atoms with van der Waals surface area (Å²) in [6, 6.07) is 10.0. The van der Waals surface area contributed by atoms with Crippen molar-refractivity contribution in [1.82, 2.24) is 9.88 Å². The van der Waals surface area contributed by atoms with Crippen molar-refractivity contribution >= 4 is 16.6 Å². The molecule has 1 atom stereocenters. The Balaban J connectivity index is 2.17. The molecule has 0 radical (unpaired) electrons. The van der Waals surface area contributed by atoms with Crippen LogP contribution < -0.4 is 5.73 Å². The normalized spacial score (nSPS) is 13.1. The summed E-state index contributed by atoms with van der Waals surface area (Å²) >= 11 is 0. The summed E-state index contributed by atoms with van der Waals surface area (Å²) in [5, 5.41) is 1.04. The van der Waals surface area contributed by atoms with Gasteiger partial charge in [-0.05, 0) is 25.1 Å². The molecule has 0 bridgehead atoms. The summed E-state index contributed by atoms with van der Waals surface area (Å²) in [7, 11) is 2.14. The van der Waals surface area contributed by atoms with E-state index in [1.165, 1.54) is 6.42 Å². The van der Waals surface area contributed by atoms with Gasteiger partial charge in [-0.3, -0.25) is 4.98 Å². The van der Waals surface area contributed by atoms with Gasteiger partial charge in [-0.25, -0.2) is 0 Å². The molecule has 1 unspecified atom stereocenters. The van der Waals surface area contributed by atoms with E-state index in [1.54, 1.807) is 0 Å². The van der Waals surface area contributed by atoms with Crippen LogP contribution in [0, 0.1) is 5.92 Å². The number of fused-ring (bicyclic) bond motifs is 1. The van der Waals surface area contributed by atoms with E-state index >= 15 is 0 Å². The lowest BCUT2D eigenvalue weighted by atomic mass is 10.1. The lowest BCUT2D eigenvalue weighted by Crippen LogP contribution is -2.24. The molecule has 19 heavy (non-hydrogen) atoms. The van der Waals surface area contributed by atoms with Crippen molar-refractivity contribution in [1.29, 1.82) is 0 Å². The minimum absolute atomic E-state index is 0.711. The predicted molar refractivity (Wildman–Crippen MR) is 81.9 cm³/mol. The number of rotatable bonds is 5. The van der Waals surface area contributed by atoms with E-state index in [0.717, 1.165) is 35.4 Å². The maximum absolute atomic E-state index is 6.10. The molecule has 0 saturated heterocycles. The molecule has 0 amide bonds. The van der Waals surface area contributed by atoms with E-state index in [2.05, 4.69) is 30.8 Å². The molecule has 0 fully saturated rings. The quantitative estimate of drug-likeness (QED) is 0.893. The van der Waals surface area contributed by atoms with E-state index < -0.39 is 0 Å². The molecule has 0 aliphatic carbocycles. The van der Waals surface area contributed by atoms with Crippen LogP contribution in [0.25, 0.3) is 10.9 Å². The number of nitrogen functional groups attached to an aromatic ring is 1. The summed E-state index contributed by atoms with van der Waals surface area (Å²) in [6.45, 7) is 6.44. The molecular formula is C16H23N3. The number of nitrogens with zero attached hydrogens (tertiary/aromatic N) is 2. The first-order valence-corrected chi connectivity index (χ1v) is 6.92. The molecule has 0 spiro atoms. The number of benzene rings is 1. The molecule has 3 heteroatoms. The first kappa shape index (κ1) is 13.8. The molecule has 0 aliphatic heterocycles. The molecular weight excluding hydrogens is 234 g/mol. The van der Waals surface area contributed by atoms with Gasteiger partial charge >= 0.3 is 0 Å². The molecule has 1 heterocycles. The maximum Gasteiger partial charge on any atom is 0.0726 e. The van der Waals surface area contributed by atoms with Crippen molar-refractivity contribution in [3.05, 3.63) is 36.0 Å². The lowest BCUT2D eigenvalue weighted by Gasteiger charge is -2.20. The third kappa shape index (κ3) is 3.44. The molecule has 2 N–H and O–H groups in total. The van der Waals surface area contributed by atoms with E-state index in [0.29, 0.717) is 5.92 Å². The van der Waals surface area contributed by atoms with Gasteiger partial charge in [0.05, 0.1) is 11.2 Å². The second-order valence-electron chi connectivity index (χ2n) is 5.43. The number of hydrogen-bond donors (Lipinski definition) is 1. The maximum atomic E-state index is 6.10. The zero-order valence-electron chi connectivity index (χ0n) is 12.1. The van der Waals surface area contributed by atoms with Crippen LogP contribution in [0.3, 0.4) is 0 Å². The standard InChI is InChI=1S/C16H23N3/c1-4-12(2)10-19(3)11-13-9-15(17)14-7-5-6-8-16(14)18-13/h5-9,12H,4,10-11H2,1-3H3,(H2,17,18). The lowest BCUT2D eigenvalue weighted by molar-refractivity contribution is 0.273. The minimum atomic E-state index is 0.711. The molecule has 2 aromatic rings. The second-order valence-corrected chi connectivity index (χ2v) is 5.43. The van der Waals surface area contributed by atoms with Crippen LogP contribution in [0.2, 0.25) is 0 Å². The van der Waals surface area contributed by atoms with Crippen molar-refractivity contribution < 1.29 is 0 Å². The number of para-hydroxylation sites is 1. The Kier molecular flexibility index (Phi) is 4.38. The topological polar surface area (TPSA) is 42.1 Å².